The van der Waals surface area contributed by atoms with Crippen LogP contribution in [0.25, 0.3) is 0 Å². The summed E-state index contributed by atoms with van der Waals surface area (Å²) in [6.45, 7) is 5.95. The monoisotopic (exact) mass is 211 g/mol. The lowest BCUT2D eigenvalue weighted by Crippen LogP contribution is -2.28. The van der Waals surface area contributed by atoms with Crippen LogP contribution in [0.15, 0.2) is 12.3 Å². The van der Waals surface area contributed by atoms with E-state index in [9.17, 15) is 0 Å². The van der Waals surface area contributed by atoms with E-state index >= 15 is 0 Å². The van der Waals surface area contributed by atoms with Gasteiger partial charge in [-0.25, -0.2) is 0 Å². The Kier molecular flexibility index (Phi) is 4.29. The molecule has 1 aromatic rings. The molecule has 0 radical (unpaired) electrons. The number of nitrogens with one attached hydrogen (secondary N) is 1. The number of methoxy groups -OCH3 is 1. The fraction of sp³-hybridized carbons (Fsp3) is 0.727. The van der Waals surface area contributed by atoms with Gasteiger partial charge < -0.3 is 10.1 Å². The van der Waals surface area contributed by atoms with E-state index in [1.807, 2.05) is 24.0 Å². The third-order valence-electron chi connectivity index (χ3n) is 2.53. The summed E-state index contributed by atoms with van der Waals surface area (Å²) in [5.41, 5.74) is 1.03. The van der Waals surface area contributed by atoms with Crippen LogP contribution in [0.4, 0.5) is 0 Å². The normalized spacial score (nSPS) is 12.0. The highest BCUT2D eigenvalue weighted by Gasteiger charge is 2.14. The quantitative estimate of drug-likeness (QED) is 0.721. The molecular weight excluding hydrogens is 190 g/mol. The van der Waals surface area contributed by atoms with Crippen molar-refractivity contribution in [2.75, 3.05) is 13.7 Å². The minimum Gasteiger partial charge on any atom is -0.379 e. The molecule has 0 fully saturated rings. The number of aryl methyl sites for hydroxylation is 1. The lowest BCUT2D eigenvalue weighted by molar-refractivity contribution is 0.0158. The minimum absolute atomic E-state index is 0.0445. The summed E-state index contributed by atoms with van der Waals surface area (Å²) < 4.78 is 7.15. The molecule has 0 aliphatic carbocycles. The molecule has 0 bridgehead atoms. The maximum Gasteiger partial charge on any atom is 0.0762 e. The van der Waals surface area contributed by atoms with E-state index in [2.05, 4.69) is 24.3 Å². The molecule has 0 saturated heterocycles. The largest absolute Gasteiger partial charge is 0.379 e. The lowest BCUT2D eigenvalue weighted by Gasteiger charge is -2.22. The second kappa shape index (κ2) is 5.28. The predicted molar refractivity (Wildman–Crippen MR) is 60.6 cm³/mol. The molecule has 1 heterocycles. The summed E-state index contributed by atoms with van der Waals surface area (Å²) in [5, 5.41) is 7.64. The summed E-state index contributed by atoms with van der Waals surface area (Å²) in [6.07, 6.45) is 2.95. The van der Waals surface area contributed by atoms with Gasteiger partial charge in [-0.05, 0) is 32.9 Å². The molecule has 1 rings (SSSR count). The van der Waals surface area contributed by atoms with Gasteiger partial charge in [-0.3, -0.25) is 4.68 Å². The van der Waals surface area contributed by atoms with Crippen LogP contribution in [0.2, 0.25) is 0 Å². The van der Waals surface area contributed by atoms with Crippen LogP contribution in [-0.4, -0.2) is 29.0 Å². The topological polar surface area (TPSA) is 39.1 Å². The van der Waals surface area contributed by atoms with Crippen LogP contribution in [0.1, 0.15) is 26.0 Å². The van der Waals surface area contributed by atoms with Crippen LogP contribution in [0.3, 0.4) is 0 Å². The molecule has 1 N–H and O–H groups in total. The molecule has 0 aliphatic heterocycles. The van der Waals surface area contributed by atoms with Crippen LogP contribution in [0.5, 0.6) is 0 Å². The maximum atomic E-state index is 5.33. The number of hydrogen-bond acceptors (Lipinski definition) is 3. The van der Waals surface area contributed by atoms with E-state index in [4.69, 9.17) is 4.74 Å². The van der Waals surface area contributed by atoms with E-state index in [0.29, 0.717) is 0 Å². The van der Waals surface area contributed by atoms with Gasteiger partial charge in [0.1, 0.15) is 0 Å². The first-order valence-corrected chi connectivity index (χ1v) is 5.28. The summed E-state index contributed by atoms with van der Waals surface area (Å²) in [6, 6.07) is 2.02. The summed E-state index contributed by atoms with van der Waals surface area (Å²) in [7, 11) is 3.68. The molecule has 0 saturated carbocycles. The van der Waals surface area contributed by atoms with Crippen molar-refractivity contribution in [3.63, 3.8) is 0 Å². The third kappa shape index (κ3) is 4.44. The average Bonchev–Trinajstić information content (AvgIpc) is 2.59. The van der Waals surface area contributed by atoms with E-state index < -0.39 is 0 Å². The molecule has 15 heavy (non-hydrogen) atoms. The summed E-state index contributed by atoms with van der Waals surface area (Å²) >= 11 is 0. The fourth-order valence-corrected chi connectivity index (χ4v) is 1.27. The van der Waals surface area contributed by atoms with Crippen molar-refractivity contribution < 1.29 is 4.74 Å². The van der Waals surface area contributed by atoms with E-state index in [1.54, 1.807) is 7.11 Å². The first-order chi connectivity index (χ1) is 7.03. The SMILES string of the molecule is COC(C)(C)CCNCc1ccn(C)n1. The Hall–Kier alpha value is -0.870. The number of rotatable bonds is 6. The number of hydrogen-bond donors (Lipinski definition) is 1. The van der Waals surface area contributed by atoms with Gasteiger partial charge in [-0.15, -0.1) is 0 Å². The predicted octanol–water partition coefficient (Wildman–Crippen LogP) is 1.32. The first-order valence-electron chi connectivity index (χ1n) is 5.28. The Labute approximate surface area is 91.6 Å². The molecule has 4 nitrogen and oxygen atoms in total. The molecule has 4 heteroatoms. The molecule has 0 spiro atoms. The molecule has 0 aliphatic rings. The van der Waals surface area contributed by atoms with E-state index in [1.165, 1.54) is 0 Å². The Morgan fingerprint density at radius 2 is 2.27 bits per heavy atom. The van der Waals surface area contributed by atoms with Gasteiger partial charge >= 0.3 is 0 Å². The zero-order valence-electron chi connectivity index (χ0n) is 10.1. The van der Waals surface area contributed by atoms with Crippen molar-refractivity contribution in [3.8, 4) is 0 Å². The van der Waals surface area contributed by atoms with Crippen molar-refractivity contribution >= 4 is 0 Å². The van der Waals surface area contributed by atoms with Gasteiger partial charge in [0.05, 0.1) is 11.3 Å². The highest BCUT2D eigenvalue weighted by Crippen LogP contribution is 2.11. The van der Waals surface area contributed by atoms with Crippen molar-refractivity contribution in [1.82, 2.24) is 15.1 Å². The van der Waals surface area contributed by atoms with Crippen molar-refractivity contribution in [2.45, 2.75) is 32.4 Å². The van der Waals surface area contributed by atoms with Gasteiger partial charge in [-0.1, -0.05) is 0 Å². The third-order valence-corrected chi connectivity index (χ3v) is 2.53. The van der Waals surface area contributed by atoms with Crippen LogP contribution in [0, 0.1) is 0 Å². The standard InChI is InChI=1S/C11H21N3O/c1-11(2,15-4)6-7-12-9-10-5-8-14(3)13-10/h5,8,12H,6-7,9H2,1-4H3. The Morgan fingerprint density at radius 3 is 2.80 bits per heavy atom. The Morgan fingerprint density at radius 1 is 1.53 bits per heavy atom. The number of nitrogens with zero attached hydrogens (tertiary/aromatic N) is 2. The zero-order valence-corrected chi connectivity index (χ0v) is 10.1. The van der Waals surface area contributed by atoms with Gasteiger partial charge in [-0.2, -0.15) is 5.10 Å². The van der Waals surface area contributed by atoms with E-state index in [0.717, 1.165) is 25.2 Å². The molecule has 0 aromatic carbocycles. The maximum absolute atomic E-state index is 5.33. The van der Waals surface area contributed by atoms with Gasteiger partial charge in [0.25, 0.3) is 0 Å². The Balaban J connectivity index is 2.17. The number of ether oxygens (including phenoxy) is 1. The summed E-state index contributed by atoms with van der Waals surface area (Å²) in [4.78, 5) is 0. The summed E-state index contributed by atoms with van der Waals surface area (Å²) in [5.74, 6) is 0. The smallest absolute Gasteiger partial charge is 0.0762 e. The number of aromatic nitrogens is 2. The average molecular weight is 211 g/mol. The molecular formula is C11H21N3O. The van der Waals surface area contributed by atoms with Crippen LogP contribution in [-0.2, 0) is 18.3 Å². The fourth-order valence-electron chi connectivity index (χ4n) is 1.27. The van der Waals surface area contributed by atoms with Gasteiger partial charge in [0.15, 0.2) is 0 Å². The highest BCUT2D eigenvalue weighted by atomic mass is 16.5. The molecule has 1 aromatic heterocycles. The molecule has 0 unspecified atom stereocenters. The molecule has 0 atom stereocenters. The van der Waals surface area contributed by atoms with Crippen LogP contribution >= 0.6 is 0 Å². The second-order valence-electron chi connectivity index (χ2n) is 4.37. The first kappa shape index (κ1) is 12.2. The van der Waals surface area contributed by atoms with Gasteiger partial charge in [0.2, 0.25) is 0 Å². The Bertz CT molecular complexity index is 294. The minimum atomic E-state index is -0.0445. The molecule has 0 amide bonds. The van der Waals surface area contributed by atoms with Crippen molar-refractivity contribution in [2.24, 2.45) is 7.05 Å². The second-order valence-corrected chi connectivity index (χ2v) is 4.37. The van der Waals surface area contributed by atoms with Crippen molar-refractivity contribution in [3.05, 3.63) is 18.0 Å². The lowest BCUT2D eigenvalue weighted by atomic mass is 10.1. The zero-order chi connectivity index (χ0) is 11.3. The highest BCUT2D eigenvalue weighted by molar-refractivity contribution is 4.97. The van der Waals surface area contributed by atoms with Gasteiger partial charge in [0, 0.05) is 26.9 Å². The van der Waals surface area contributed by atoms with Crippen LogP contribution < -0.4 is 5.32 Å². The van der Waals surface area contributed by atoms with Crippen molar-refractivity contribution in [1.29, 1.82) is 0 Å². The van der Waals surface area contributed by atoms with E-state index in [-0.39, 0.29) is 5.60 Å². The molecule has 86 valence electrons.